The molecule has 2 aromatic rings. The van der Waals surface area contributed by atoms with Crippen LogP contribution in [-0.2, 0) is 11.0 Å². The molecule has 1 aliphatic heterocycles. The molecule has 1 amide bonds. The van der Waals surface area contributed by atoms with Crippen LogP contribution >= 0.6 is 11.6 Å². The SMILES string of the molecule is O=C(CCN1CCN(c2cccc(Cl)c2)CC1)Nc1cccc(C(F)(F)F)c1. The van der Waals surface area contributed by atoms with Crippen molar-refractivity contribution >= 4 is 28.9 Å². The van der Waals surface area contributed by atoms with Gasteiger partial charge in [-0.05, 0) is 36.4 Å². The van der Waals surface area contributed by atoms with Crippen LogP contribution in [0.5, 0.6) is 0 Å². The van der Waals surface area contributed by atoms with E-state index in [2.05, 4.69) is 15.1 Å². The Kier molecular flexibility index (Phi) is 6.46. The summed E-state index contributed by atoms with van der Waals surface area (Å²) in [6.45, 7) is 3.84. The molecule has 0 radical (unpaired) electrons. The van der Waals surface area contributed by atoms with Crippen LogP contribution in [0.15, 0.2) is 48.5 Å². The Bertz CT molecular complexity index is 820. The number of hydrogen-bond donors (Lipinski definition) is 1. The fraction of sp³-hybridized carbons (Fsp3) is 0.350. The lowest BCUT2D eigenvalue weighted by Crippen LogP contribution is -2.47. The Balaban J connectivity index is 1.45. The van der Waals surface area contributed by atoms with E-state index in [1.54, 1.807) is 0 Å². The van der Waals surface area contributed by atoms with Crippen molar-refractivity contribution in [3.8, 4) is 0 Å². The molecule has 8 heteroatoms. The maximum Gasteiger partial charge on any atom is 0.416 e. The molecule has 0 unspecified atom stereocenters. The smallest absolute Gasteiger partial charge is 0.369 e. The summed E-state index contributed by atoms with van der Waals surface area (Å²) in [4.78, 5) is 16.5. The summed E-state index contributed by atoms with van der Waals surface area (Å²) in [5.74, 6) is -0.295. The van der Waals surface area contributed by atoms with Gasteiger partial charge in [0.25, 0.3) is 0 Å². The van der Waals surface area contributed by atoms with Gasteiger partial charge in [-0.25, -0.2) is 0 Å². The van der Waals surface area contributed by atoms with Gasteiger partial charge in [0.05, 0.1) is 5.56 Å². The standard InChI is InChI=1S/C20H21ClF3N3O/c21-16-4-2-6-18(14-16)27-11-9-26(10-12-27)8-7-19(28)25-17-5-1-3-15(13-17)20(22,23)24/h1-6,13-14H,7-12H2,(H,25,28). The molecule has 0 spiro atoms. The zero-order chi connectivity index (χ0) is 20.1. The zero-order valence-electron chi connectivity index (χ0n) is 15.2. The molecule has 4 nitrogen and oxygen atoms in total. The molecular weight excluding hydrogens is 391 g/mol. The van der Waals surface area contributed by atoms with Crippen LogP contribution in [0.3, 0.4) is 0 Å². The zero-order valence-corrected chi connectivity index (χ0v) is 15.9. The number of carbonyl (C=O) groups is 1. The highest BCUT2D eigenvalue weighted by atomic mass is 35.5. The summed E-state index contributed by atoms with van der Waals surface area (Å²) in [6.07, 6.45) is -4.20. The molecule has 0 saturated carbocycles. The van der Waals surface area contributed by atoms with Gasteiger partial charge in [-0.15, -0.1) is 0 Å². The van der Waals surface area contributed by atoms with Gasteiger partial charge in [0.2, 0.25) is 5.91 Å². The quantitative estimate of drug-likeness (QED) is 0.786. The molecule has 1 fully saturated rings. The van der Waals surface area contributed by atoms with E-state index >= 15 is 0 Å². The van der Waals surface area contributed by atoms with Crippen LogP contribution in [0, 0.1) is 0 Å². The van der Waals surface area contributed by atoms with Crippen molar-refractivity contribution < 1.29 is 18.0 Å². The van der Waals surface area contributed by atoms with Gasteiger partial charge in [-0.3, -0.25) is 9.69 Å². The highest BCUT2D eigenvalue weighted by molar-refractivity contribution is 6.30. The maximum atomic E-state index is 12.7. The lowest BCUT2D eigenvalue weighted by atomic mass is 10.2. The predicted molar refractivity (Wildman–Crippen MR) is 105 cm³/mol. The molecule has 0 bridgehead atoms. The molecule has 0 aromatic heterocycles. The van der Waals surface area contributed by atoms with Crippen molar-refractivity contribution in [2.75, 3.05) is 42.9 Å². The number of nitrogens with zero attached hydrogens (tertiary/aromatic N) is 2. The fourth-order valence-electron chi connectivity index (χ4n) is 3.16. The predicted octanol–water partition coefficient (Wildman–Crippen LogP) is 4.51. The van der Waals surface area contributed by atoms with E-state index in [9.17, 15) is 18.0 Å². The van der Waals surface area contributed by atoms with Crippen molar-refractivity contribution in [1.29, 1.82) is 0 Å². The Morgan fingerprint density at radius 1 is 1.04 bits per heavy atom. The first kappa shape index (κ1) is 20.5. The van der Waals surface area contributed by atoms with E-state index in [0.717, 1.165) is 44.0 Å². The van der Waals surface area contributed by atoms with Crippen molar-refractivity contribution in [1.82, 2.24) is 4.90 Å². The van der Waals surface area contributed by atoms with Crippen LogP contribution in [0.4, 0.5) is 24.5 Å². The Morgan fingerprint density at radius 3 is 2.43 bits per heavy atom. The van der Waals surface area contributed by atoms with E-state index in [4.69, 9.17) is 11.6 Å². The molecule has 28 heavy (non-hydrogen) atoms. The summed E-state index contributed by atoms with van der Waals surface area (Å²) < 4.78 is 38.2. The number of carbonyl (C=O) groups excluding carboxylic acids is 1. The van der Waals surface area contributed by atoms with Crippen LogP contribution in [0.2, 0.25) is 5.02 Å². The van der Waals surface area contributed by atoms with Gasteiger partial charge < -0.3 is 10.2 Å². The first-order chi connectivity index (χ1) is 13.3. The number of halogens is 4. The Hall–Kier alpha value is -2.25. The summed E-state index contributed by atoms with van der Waals surface area (Å²) in [7, 11) is 0. The topological polar surface area (TPSA) is 35.6 Å². The first-order valence-corrected chi connectivity index (χ1v) is 9.39. The largest absolute Gasteiger partial charge is 0.416 e. The number of benzene rings is 2. The van der Waals surface area contributed by atoms with Gasteiger partial charge in [-0.1, -0.05) is 23.7 Å². The monoisotopic (exact) mass is 411 g/mol. The first-order valence-electron chi connectivity index (χ1n) is 9.01. The second-order valence-corrected chi connectivity index (χ2v) is 7.12. The summed E-state index contributed by atoms with van der Waals surface area (Å²) >= 11 is 6.03. The minimum absolute atomic E-state index is 0.158. The third-order valence-corrected chi connectivity index (χ3v) is 4.91. The number of anilines is 2. The minimum Gasteiger partial charge on any atom is -0.369 e. The van der Waals surface area contributed by atoms with Gasteiger partial charge >= 0.3 is 6.18 Å². The highest BCUT2D eigenvalue weighted by Gasteiger charge is 2.30. The van der Waals surface area contributed by atoms with Crippen molar-refractivity contribution in [2.24, 2.45) is 0 Å². The minimum atomic E-state index is -4.43. The molecule has 1 saturated heterocycles. The van der Waals surface area contributed by atoms with Gasteiger partial charge in [0.15, 0.2) is 0 Å². The third kappa shape index (κ3) is 5.62. The van der Waals surface area contributed by atoms with Crippen LogP contribution in [-0.4, -0.2) is 43.5 Å². The number of hydrogen-bond acceptors (Lipinski definition) is 3. The van der Waals surface area contributed by atoms with Gasteiger partial charge in [-0.2, -0.15) is 13.2 Å². The molecule has 1 N–H and O–H groups in total. The van der Waals surface area contributed by atoms with E-state index in [-0.39, 0.29) is 18.0 Å². The number of alkyl halides is 3. The lowest BCUT2D eigenvalue weighted by molar-refractivity contribution is -0.137. The Morgan fingerprint density at radius 2 is 1.75 bits per heavy atom. The average molecular weight is 412 g/mol. The normalized spacial score (nSPS) is 15.5. The van der Waals surface area contributed by atoms with E-state index in [1.165, 1.54) is 12.1 Å². The third-order valence-electron chi connectivity index (χ3n) is 4.67. The molecule has 1 aliphatic rings. The van der Waals surface area contributed by atoms with Gasteiger partial charge in [0.1, 0.15) is 0 Å². The number of piperazine rings is 1. The highest BCUT2D eigenvalue weighted by Crippen LogP contribution is 2.30. The molecule has 150 valence electrons. The summed E-state index contributed by atoms with van der Waals surface area (Å²) in [5, 5.41) is 3.24. The summed E-state index contributed by atoms with van der Waals surface area (Å²) in [6, 6.07) is 12.4. The fourth-order valence-corrected chi connectivity index (χ4v) is 3.34. The molecule has 1 heterocycles. The Labute approximate surface area is 166 Å². The second kappa shape index (κ2) is 8.84. The van der Waals surface area contributed by atoms with E-state index in [0.29, 0.717) is 11.6 Å². The second-order valence-electron chi connectivity index (χ2n) is 6.69. The van der Waals surface area contributed by atoms with E-state index in [1.807, 2.05) is 24.3 Å². The van der Waals surface area contributed by atoms with Crippen molar-refractivity contribution in [3.63, 3.8) is 0 Å². The maximum absolute atomic E-state index is 12.7. The van der Waals surface area contributed by atoms with Crippen LogP contribution in [0.1, 0.15) is 12.0 Å². The molecule has 0 aliphatic carbocycles. The van der Waals surface area contributed by atoms with Crippen molar-refractivity contribution in [2.45, 2.75) is 12.6 Å². The number of amides is 1. The number of nitrogens with one attached hydrogen (secondary N) is 1. The van der Waals surface area contributed by atoms with Crippen LogP contribution < -0.4 is 10.2 Å². The molecule has 3 rings (SSSR count). The molecular formula is C20H21ClF3N3O. The van der Waals surface area contributed by atoms with E-state index < -0.39 is 11.7 Å². The van der Waals surface area contributed by atoms with Gasteiger partial charge in [0, 0.05) is 55.5 Å². The number of rotatable bonds is 5. The molecule has 2 aromatic carbocycles. The molecule has 0 atom stereocenters. The van der Waals surface area contributed by atoms with Crippen LogP contribution in [0.25, 0.3) is 0 Å². The lowest BCUT2D eigenvalue weighted by Gasteiger charge is -2.36. The van der Waals surface area contributed by atoms with Crippen molar-refractivity contribution in [3.05, 3.63) is 59.1 Å². The summed E-state index contributed by atoms with van der Waals surface area (Å²) in [5.41, 5.74) is 0.461. The average Bonchev–Trinajstić information content (AvgIpc) is 2.66.